The number of rotatable bonds is 11. The first-order chi connectivity index (χ1) is 16.1. The van der Waals surface area contributed by atoms with Crippen LogP contribution < -0.4 is 5.32 Å². The van der Waals surface area contributed by atoms with Crippen molar-refractivity contribution in [1.29, 1.82) is 0 Å². The third kappa shape index (κ3) is 7.03. The predicted molar refractivity (Wildman–Crippen MR) is 127 cm³/mol. The summed E-state index contributed by atoms with van der Waals surface area (Å²) in [6, 6.07) is 6.60. The molecule has 0 radical (unpaired) electrons. The summed E-state index contributed by atoms with van der Waals surface area (Å²) in [4.78, 5) is 53.9. The molecule has 1 heterocycles. The summed E-state index contributed by atoms with van der Waals surface area (Å²) in [5.74, 6) is -2.59. The maximum atomic E-state index is 13.7. The number of amides is 3. The lowest BCUT2D eigenvalue weighted by Gasteiger charge is -2.34. The molecule has 1 aliphatic heterocycles. The maximum Gasteiger partial charge on any atom is 0.326 e. The maximum absolute atomic E-state index is 13.7. The Bertz CT molecular complexity index is 859. The van der Waals surface area contributed by atoms with Crippen LogP contribution in [0.3, 0.4) is 0 Å². The van der Waals surface area contributed by atoms with Gasteiger partial charge in [-0.1, -0.05) is 50.6 Å². The van der Waals surface area contributed by atoms with Crippen LogP contribution in [0.4, 0.5) is 0 Å². The zero-order chi connectivity index (χ0) is 25.4. The summed E-state index contributed by atoms with van der Waals surface area (Å²) >= 11 is 0. The van der Waals surface area contributed by atoms with E-state index in [1.807, 2.05) is 37.3 Å². The number of nitrogens with one attached hydrogen (secondary N) is 1. The second-order valence-corrected chi connectivity index (χ2v) is 9.16. The van der Waals surface area contributed by atoms with E-state index in [2.05, 4.69) is 5.32 Å². The number of benzene rings is 1. The van der Waals surface area contributed by atoms with Crippen molar-refractivity contribution in [3.63, 3.8) is 0 Å². The molecule has 0 bridgehead atoms. The minimum atomic E-state index is -1.11. The Morgan fingerprint density at radius 2 is 1.82 bits per heavy atom. The van der Waals surface area contributed by atoms with E-state index in [9.17, 15) is 29.4 Å². The number of likely N-dealkylation sites (tertiary alicyclic amines) is 1. The highest BCUT2D eigenvalue weighted by molar-refractivity contribution is 5.94. The Hall–Kier alpha value is -2.94. The number of carboxylic acid groups (broad SMARTS) is 1. The Kier molecular flexibility index (Phi) is 10.0. The van der Waals surface area contributed by atoms with Crippen molar-refractivity contribution in [3.8, 4) is 0 Å². The molecule has 1 aliphatic rings. The average molecular weight is 476 g/mol. The summed E-state index contributed by atoms with van der Waals surface area (Å²) in [5, 5.41) is 21.8. The van der Waals surface area contributed by atoms with Crippen LogP contribution in [0.25, 0.3) is 0 Å². The van der Waals surface area contributed by atoms with Crippen LogP contribution in [-0.4, -0.2) is 81.5 Å². The van der Waals surface area contributed by atoms with E-state index in [-0.39, 0.29) is 30.6 Å². The monoisotopic (exact) mass is 475 g/mol. The summed E-state index contributed by atoms with van der Waals surface area (Å²) in [7, 11) is 1.53. The van der Waals surface area contributed by atoms with E-state index >= 15 is 0 Å². The number of carboxylic acids is 1. The molecule has 1 aromatic carbocycles. The Labute approximate surface area is 201 Å². The number of aliphatic hydroxyl groups excluding tert-OH is 1. The van der Waals surface area contributed by atoms with Gasteiger partial charge in [-0.25, -0.2) is 4.79 Å². The fraction of sp³-hybridized carbons (Fsp3) is 0.600. The number of aliphatic hydroxyl groups is 1. The van der Waals surface area contributed by atoms with Gasteiger partial charge in [0, 0.05) is 20.0 Å². The SMILES string of the molecule is CC[C@H](C)[C@H](NC(=O)[C@@H]1CCCN1C(=O)[C@H](Cc1ccccc1)N(C)C(=O)C[C@@H](C)O)C(=O)O. The predicted octanol–water partition coefficient (Wildman–Crippen LogP) is 1.43. The number of nitrogens with zero attached hydrogens (tertiary/aromatic N) is 2. The molecular formula is C25H37N3O6. The number of carbonyl (C=O) groups excluding carboxylic acids is 3. The first-order valence-electron chi connectivity index (χ1n) is 11.9. The van der Waals surface area contributed by atoms with Gasteiger partial charge in [0.25, 0.3) is 0 Å². The minimum absolute atomic E-state index is 0.117. The first kappa shape index (κ1) is 27.3. The molecule has 0 aromatic heterocycles. The van der Waals surface area contributed by atoms with Gasteiger partial charge in [0.05, 0.1) is 12.5 Å². The van der Waals surface area contributed by atoms with Gasteiger partial charge < -0.3 is 25.3 Å². The number of hydrogen-bond donors (Lipinski definition) is 3. The lowest BCUT2D eigenvalue weighted by molar-refractivity contribution is -0.149. The second-order valence-electron chi connectivity index (χ2n) is 9.16. The van der Waals surface area contributed by atoms with Gasteiger partial charge in [-0.15, -0.1) is 0 Å². The normalized spacial score (nSPS) is 19.1. The largest absolute Gasteiger partial charge is 0.480 e. The zero-order valence-corrected chi connectivity index (χ0v) is 20.4. The minimum Gasteiger partial charge on any atom is -0.480 e. The van der Waals surface area contributed by atoms with Gasteiger partial charge in [-0.05, 0) is 31.2 Å². The molecule has 9 heteroatoms. The molecule has 1 aromatic rings. The smallest absolute Gasteiger partial charge is 0.326 e. The van der Waals surface area contributed by atoms with Crippen LogP contribution in [0.1, 0.15) is 52.0 Å². The number of hydrogen-bond acceptors (Lipinski definition) is 5. The topological polar surface area (TPSA) is 127 Å². The lowest BCUT2D eigenvalue weighted by Crippen LogP contribution is -2.57. The van der Waals surface area contributed by atoms with E-state index in [4.69, 9.17) is 0 Å². The third-order valence-electron chi connectivity index (χ3n) is 6.50. The summed E-state index contributed by atoms with van der Waals surface area (Å²) in [6.07, 6.45) is 0.911. The Balaban J connectivity index is 2.26. The highest BCUT2D eigenvalue weighted by atomic mass is 16.4. The Morgan fingerprint density at radius 1 is 1.18 bits per heavy atom. The van der Waals surface area contributed by atoms with Crippen molar-refractivity contribution in [2.45, 2.75) is 77.1 Å². The van der Waals surface area contributed by atoms with Gasteiger partial charge in [0.1, 0.15) is 18.1 Å². The summed E-state index contributed by atoms with van der Waals surface area (Å²) in [5.41, 5.74) is 0.862. The molecule has 3 amide bonds. The van der Waals surface area contributed by atoms with Crippen LogP contribution in [0.5, 0.6) is 0 Å². The molecule has 2 rings (SSSR count). The van der Waals surface area contributed by atoms with E-state index in [1.54, 1.807) is 6.92 Å². The van der Waals surface area contributed by atoms with Gasteiger partial charge in [-0.2, -0.15) is 0 Å². The molecule has 0 saturated carbocycles. The molecule has 3 N–H and O–H groups in total. The van der Waals surface area contributed by atoms with Crippen LogP contribution in [-0.2, 0) is 25.6 Å². The van der Waals surface area contributed by atoms with Gasteiger partial charge >= 0.3 is 5.97 Å². The van der Waals surface area contributed by atoms with Crippen LogP contribution in [0, 0.1) is 5.92 Å². The molecule has 0 aliphatic carbocycles. The van der Waals surface area contributed by atoms with E-state index in [1.165, 1.54) is 23.8 Å². The highest BCUT2D eigenvalue weighted by Gasteiger charge is 2.40. The van der Waals surface area contributed by atoms with Crippen molar-refractivity contribution in [3.05, 3.63) is 35.9 Å². The molecule has 0 unspecified atom stereocenters. The third-order valence-corrected chi connectivity index (χ3v) is 6.50. The van der Waals surface area contributed by atoms with Crippen molar-refractivity contribution < 1.29 is 29.4 Å². The van der Waals surface area contributed by atoms with Crippen LogP contribution in [0.15, 0.2) is 30.3 Å². The molecule has 1 fully saturated rings. The van der Waals surface area contributed by atoms with Gasteiger partial charge in [0.15, 0.2) is 0 Å². The van der Waals surface area contributed by atoms with E-state index in [0.29, 0.717) is 25.8 Å². The lowest BCUT2D eigenvalue weighted by atomic mass is 9.98. The highest BCUT2D eigenvalue weighted by Crippen LogP contribution is 2.22. The molecule has 188 valence electrons. The van der Waals surface area contributed by atoms with Gasteiger partial charge in [-0.3, -0.25) is 14.4 Å². The number of likely N-dealkylation sites (N-methyl/N-ethyl adjacent to an activating group) is 1. The molecule has 34 heavy (non-hydrogen) atoms. The van der Waals surface area contributed by atoms with Crippen LogP contribution >= 0.6 is 0 Å². The summed E-state index contributed by atoms with van der Waals surface area (Å²) < 4.78 is 0. The molecule has 9 nitrogen and oxygen atoms in total. The van der Waals surface area contributed by atoms with Crippen LogP contribution in [0.2, 0.25) is 0 Å². The number of aliphatic carboxylic acids is 1. The van der Waals surface area contributed by atoms with E-state index in [0.717, 1.165) is 5.56 Å². The molecular weight excluding hydrogens is 438 g/mol. The van der Waals surface area contributed by atoms with Crippen molar-refractivity contribution in [2.24, 2.45) is 5.92 Å². The van der Waals surface area contributed by atoms with Gasteiger partial charge in [0.2, 0.25) is 17.7 Å². The summed E-state index contributed by atoms with van der Waals surface area (Å²) in [6.45, 7) is 5.47. The Morgan fingerprint density at radius 3 is 2.38 bits per heavy atom. The van der Waals surface area contributed by atoms with Crippen molar-refractivity contribution >= 4 is 23.7 Å². The number of carbonyl (C=O) groups is 4. The zero-order valence-electron chi connectivity index (χ0n) is 20.4. The molecule has 1 saturated heterocycles. The standard InChI is InChI=1S/C25H37N3O6/c1-5-16(2)22(25(33)34)26-23(31)19-12-9-13-28(19)24(32)20(15-18-10-7-6-8-11-18)27(4)21(30)14-17(3)29/h6-8,10-11,16-17,19-20,22,29H,5,9,12-15H2,1-4H3,(H,26,31)(H,33,34)/t16-,17+,19-,20-,22-/m0/s1. The molecule has 0 spiro atoms. The van der Waals surface area contributed by atoms with Crippen molar-refractivity contribution in [1.82, 2.24) is 15.1 Å². The fourth-order valence-electron chi connectivity index (χ4n) is 4.22. The first-order valence-corrected chi connectivity index (χ1v) is 11.9. The van der Waals surface area contributed by atoms with E-state index < -0.39 is 36.1 Å². The second kappa shape index (κ2) is 12.5. The average Bonchev–Trinajstić information content (AvgIpc) is 3.29. The van der Waals surface area contributed by atoms with Crippen molar-refractivity contribution in [2.75, 3.05) is 13.6 Å². The fourth-order valence-corrected chi connectivity index (χ4v) is 4.22. The quantitative estimate of drug-likeness (QED) is 0.444. The molecule has 5 atom stereocenters.